The number of nitrogens with zero attached hydrogens (tertiary/aromatic N) is 3. The molecule has 0 aliphatic heterocycles. The zero-order valence-corrected chi connectivity index (χ0v) is 8.65. The van der Waals surface area contributed by atoms with Crippen molar-refractivity contribution >= 4 is 5.69 Å². The van der Waals surface area contributed by atoms with Crippen molar-refractivity contribution in [1.29, 1.82) is 5.26 Å². The summed E-state index contributed by atoms with van der Waals surface area (Å²) in [7, 11) is 0. The highest BCUT2D eigenvalue weighted by Gasteiger charge is 2.06. The van der Waals surface area contributed by atoms with Gasteiger partial charge in [0.15, 0.2) is 0 Å². The van der Waals surface area contributed by atoms with Gasteiger partial charge in [0.2, 0.25) is 0 Å². The zero-order chi connectivity index (χ0) is 10.6. The van der Waals surface area contributed by atoms with Crippen molar-refractivity contribution in [2.45, 2.75) is 26.3 Å². The highest BCUT2D eigenvalue weighted by atomic mass is 15.1. The van der Waals surface area contributed by atoms with Gasteiger partial charge >= 0.3 is 0 Å². The monoisotopic (exact) mass is 187 g/mol. The Morgan fingerprint density at radius 2 is 1.71 bits per heavy atom. The molecular formula is C11H13N3. The Bertz CT molecular complexity index is 363. The van der Waals surface area contributed by atoms with Gasteiger partial charge in [-0.3, -0.25) is 0 Å². The van der Waals surface area contributed by atoms with Crippen molar-refractivity contribution in [2.24, 2.45) is 10.2 Å². The Morgan fingerprint density at radius 1 is 1.14 bits per heavy atom. The second kappa shape index (κ2) is 4.01. The SMILES string of the molecule is CC(C)(C)/N=N/c1ccc(C#N)cc1. The summed E-state index contributed by atoms with van der Waals surface area (Å²) in [6, 6.07) is 9.09. The molecule has 0 aromatic heterocycles. The van der Waals surface area contributed by atoms with Crippen molar-refractivity contribution in [3.05, 3.63) is 29.8 Å². The first kappa shape index (κ1) is 10.4. The molecule has 0 saturated carbocycles. The van der Waals surface area contributed by atoms with Gasteiger partial charge in [0.1, 0.15) is 0 Å². The van der Waals surface area contributed by atoms with Crippen molar-refractivity contribution in [3.63, 3.8) is 0 Å². The molecule has 14 heavy (non-hydrogen) atoms. The smallest absolute Gasteiger partial charge is 0.0991 e. The summed E-state index contributed by atoms with van der Waals surface area (Å²) in [5.41, 5.74) is 1.26. The molecule has 0 amide bonds. The number of rotatable bonds is 1. The van der Waals surface area contributed by atoms with Gasteiger partial charge in [0.25, 0.3) is 0 Å². The van der Waals surface area contributed by atoms with Gasteiger partial charge in [-0.2, -0.15) is 15.5 Å². The van der Waals surface area contributed by atoms with Crippen LogP contribution in [0.15, 0.2) is 34.5 Å². The lowest BCUT2D eigenvalue weighted by Crippen LogP contribution is -2.07. The molecule has 1 rings (SSSR count). The molecule has 0 N–H and O–H groups in total. The van der Waals surface area contributed by atoms with Gasteiger partial charge in [-0.25, -0.2) is 0 Å². The zero-order valence-electron chi connectivity index (χ0n) is 8.65. The lowest BCUT2D eigenvalue weighted by molar-refractivity contribution is 0.552. The number of benzene rings is 1. The van der Waals surface area contributed by atoms with Crippen molar-refractivity contribution in [2.75, 3.05) is 0 Å². The van der Waals surface area contributed by atoms with Crippen LogP contribution in [0.3, 0.4) is 0 Å². The fourth-order valence-corrected chi connectivity index (χ4v) is 0.810. The Morgan fingerprint density at radius 3 is 2.14 bits per heavy atom. The summed E-state index contributed by atoms with van der Waals surface area (Å²) >= 11 is 0. The molecule has 3 heteroatoms. The average molecular weight is 187 g/mol. The maximum Gasteiger partial charge on any atom is 0.0991 e. The molecule has 1 aromatic rings. The lowest BCUT2D eigenvalue weighted by atomic mass is 10.1. The highest BCUT2D eigenvalue weighted by molar-refractivity contribution is 5.41. The Kier molecular flexibility index (Phi) is 2.98. The summed E-state index contributed by atoms with van der Waals surface area (Å²) in [6.45, 7) is 5.96. The van der Waals surface area contributed by atoms with E-state index in [0.29, 0.717) is 5.56 Å². The summed E-state index contributed by atoms with van der Waals surface area (Å²) < 4.78 is 0. The van der Waals surface area contributed by atoms with Gasteiger partial charge in [-0.15, -0.1) is 0 Å². The largest absolute Gasteiger partial charge is 0.192 e. The minimum Gasteiger partial charge on any atom is -0.192 e. The second-order valence-electron chi connectivity index (χ2n) is 4.03. The average Bonchev–Trinajstić information content (AvgIpc) is 2.14. The van der Waals surface area contributed by atoms with E-state index in [9.17, 15) is 0 Å². The highest BCUT2D eigenvalue weighted by Crippen LogP contribution is 2.16. The molecule has 0 atom stereocenters. The van der Waals surface area contributed by atoms with Crippen LogP contribution in [-0.2, 0) is 0 Å². The first-order valence-corrected chi connectivity index (χ1v) is 4.44. The summed E-state index contributed by atoms with van der Waals surface area (Å²) in [4.78, 5) is 0. The van der Waals surface area contributed by atoms with E-state index in [1.165, 1.54) is 0 Å². The molecule has 0 aliphatic rings. The molecule has 0 fully saturated rings. The molecule has 1 aromatic carbocycles. The van der Waals surface area contributed by atoms with Crippen molar-refractivity contribution < 1.29 is 0 Å². The molecule has 0 saturated heterocycles. The normalized spacial score (nSPS) is 11.6. The Balaban J connectivity index is 2.80. The standard InChI is InChI=1S/C11H13N3/c1-11(2,3)14-13-10-6-4-9(8-12)5-7-10/h4-7H,1-3H3/b14-13+. The maximum absolute atomic E-state index is 8.58. The number of nitriles is 1. The molecule has 3 nitrogen and oxygen atoms in total. The summed E-state index contributed by atoms with van der Waals surface area (Å²) in [5.74, 6) is 0. The Labute approximate surface area is 84.1 Å². The third kappa shape index (κ3) is 3.36. The topological polar surface area (TPSA) is 48.5 Å². The Hall–Kier alpha value is -1.69. The molecule has 72 valence electrons. The van der Waals surface area contributed by atoms with E-state index < -0.39 is 0 Å². The lowest BCUT2D eigenvalue weighted by Gasteiger charge is -2.08. The van der Waals surface area contributed by atoms with Crippen LogP contribution < -0.4 is 0 Å². The molecular weight excluding hydrogens is 174 g/mol. The van der Waals surface area contributed by atoms with Crippen molar-refractivity contribution in [3.8, 4) is 6.07 Å². The van der Waals surface area contributed by atoms with E-state index in [2.05, 4.69) is 16.3 Å². The van der Waals surface area contributed by atoms with Gasteiger partial charge in [-0.1, -0.05) is 0 Å². The molecule has 0 bridgehead atoms. The van der Waals surface area contributed by atoms with Gasteiger partial charge in [0, 0.05) is 0 Å². The van der Waals surface area contributed by atoms with E-state index in [1.807, 2.05) is 20.8 Å². The van der Waals surface area contributed by atoms with Gasteiger partial charge in [0.05, 0.1) is 22.9 Å². The third-order valence-corrected chi connectivity index (χ3v) is 1.46. The minimum absolute atomic E-state index is 0.159. The maximum atomic E-state index is 8.58. The molecule has 0 unspecified atom stereocenters. The number of hydrogen-bond acceptors (Lipinski definition) is 3. The molecule has 0 aliphatic carbocycles. The van der Waals surface area contributed by atoms with E-state index >= 15 is 0 Å². The van der Waals surface area contributed by atoms with Crippen LogP contribution in [0.2, 0.25) is 0 Å². The van der Waals surface area contributed by atoms with Gasteiger partial charge < -0.3 is 0 Å². The van der Waals surface area contributed by atoms with Crippen LogP contribution in [0.4, 0.5) is 5.69 Å². The van der Waals surface area contributed by atoms with E-state index in [-0.39, 0.29) is 5.54 Å². The molecule has 0 spiro atoms. The van der Waals surface area contributed by atoms with Crippen LogP contribution in [0.5, 0.6) is 0 Å². The van der Waals surface area contributed by atoms with Crippen LogP contribution >= 0.6 is 0 Å². The molecule has 0 radical (unpaired) electrons. The first-order chi connectivity index (χ1) is 6.51. The third-order valence-electron chi connectivity index (χ3n) is 1.46. The van der Waals surface area contributed by atoms with Crippen molar-refractivity contribution in [1.82, 2.24) is 0 Å². The predicted molar refractivity (Wildman–Crippen MR) is 55.4 cm³/mol. The fourth-order valence-electron chi connectivity index (χ4n) is 0.810. The minimum atomic E-state index is -0.159. The van der Waals surface area contributed by atoms with Crippen LogP contribution in [-0.4, -0.2) is 5.54 Å². The number of hydrogen-bond donors (Lipinski definition) is 0. The van der Waals surface area contributed by atoms with E-state index in [0.717, 1.165) is 5.69 Å². The van der Waals surface area contributed by atoms with E-state index in [4.69, 9.17) is 5.26 Å². The summed E-state index contributed by atoms with van der Waals surface area (Å²) in [5, 5.41) is 16.8. The van der Waals surface area contributed by atoms with Crippen LogP contribution in [0, 0.1) is 11.3 Å². The first-order valence-electron chi connectivity index (χ1n) is 4.44. The fraction of sp³-hybridized carbons (Fsp3) is 0.364. The quantitative estimate of drug-likeness (QED) is 0.621. The second-order valence-corrected chi connectivity index (χ2v) is 4.03. The van der Waals surface area contributed by atoms with Gasteiger partial charge in [-0.05, 0) is 45.0 Å². The van der Waals surface area contributed by atoms with Crippen LogP contribution in [0.25, 0.3) is 0 Å². The summed E-state index contributed by atoms with van der Waals surface area (Å²) in [6.07, 6.45) is 0. The van der Waals surface area contributed by atoms with E-state index in [1.54, 1.807) is 24.3 Å². The molecule has 0 heterocycles. The van der Waals surface area contributed by atoms with Crippen LogP contribution in [0.1, 0.15) is 26.3 Å². The number of azo groups is 1. The predicted octanol–water partition coefficient (Wildman–Crippen LogP) is 3.44.